The maximum absolute atomic E-state index is 12.3. The first kappa shape index (κ1) is 15.1. The zero-order valence-corrected chi connectivity index (χ0v) is 12.3. The summed E-state index contributed by atoms with van der Waals surface area (Å²) in [5.74, 6) is 0.839. The first-order valence-corrected chi connectivity index (χ1v) is 7.28. The van der Waals surface area contributed by atoms with Crippen molar-refractivity contribution in [2.75, 3.05) is 19.9 Å². The van der Waals surface area contributed by atoms with E-state index >= 15 is 0 Å². The molecule has 0 aliphatic rings. The third-order valence-electron chi connectivity index (χ3n) is 3.08. The first-order valence-electron chi connectivity index (χ1n) is 5.89. The Hall–Kier alpha value is -1.00. The fourth-order valence-corrected chi connectivity index (χ4v) is 2.05. The van der Waals surface area contributed by atoms with Gasteiger partial charge >= 0.3 is 0 Å². The minimum Gasteiger partial charge on any atom is -0.394 e. The molecule has 1 amide bonds. The van der Waals surface area contributed by atoms with Crippen molar-refractivity contribution in [1.82, 2.24) is 4.90 Å². The molecule has 0 bridgehead atoms. The minimum atomic E-state index is -0.549. The van der Waals surface area contributed by atoms with Crippen LogP contribution in [0.5, 0.6) is 0 Å². The Labute approximate surface area is 113 Å². The highest BCUT2D eigenvalue weighted by molar-refractivity contribution is 7.97. The number of thioether (sulfide) groups is 1. The summed E-state index contributed by atoms with van der Waals surface area (Å²) >= 11 is 1.73. The van der Waals surface area contributed by atoms with Gasteiger partial charge in [0.1, 0.15) is 0 Å². The van der Waals surface area contributed by atoms with Crippen LogP contribution in [-0.4, -0.2) is 41.4 Å². The number of hydrogen-bond acceptors (Lipinski definition) is 3. The van der Waals surface area contributed by atoms with Gasteiger partial charge in [0.15, 0.2) is 0 Å². The summed E-state index contributed by atoms with van der Waals surface area (Å²) in [6.45, 7) is 3.63. The van der Waals surface area contributed by atoms with E-state index in [1.807, 2.05) is 44.4 Å². The summed E-state index contributed by atoms with van der Waals surface area (Å²) in [7, 11) is 1.72. The molecule has 0 atom stereocenters. The molecule has 18 heavy (non-hydrogen) atoms. The van der Waals surface area contributed by atoms with E-state index in [4.69, 9.17) is 0 Å². The molecular weight excluding hydrogens is 246 g/mol. The lowest BCUT2D eigenvalue weighted by atomic mass is 10.0. The molecule has 0 unspecified atom stereocenters. The van der Waals surface area contributed by atoms with E-state index in [1.54, 1.807) is 23.7 Å². The molecule has 3 nitrogen and oxygen atoms in total. The molecule has 1 aromatic rings. The van der Waals surface area contributed by atoms with E-state index in [9.17, 15) is 9.90 Å². The Kier molecular flexibility index (Phi) is 5.23. The van der Waals surface area contributed by atoms with Gasteiger partial charge in [-0.15, -0.1) is 0 Å². The fraction of sp³-hybridized carbons (Fsp3) is 0.500. The summed E-state index contributed by atoms with van der Waals surface area (Å²) in [6, 6.07) is 7.65. The molecule has 4 heteroatoms. The molecule has 0 saturated heterocycles. The summed E-state index contributed by atoms with van der Waals surface area (Å²) in [6.07, 6.45) is 2.04. The van der Waals surface area contributed by atoms with E-state index in [0.717, 1.165) is 11.3 Å². The van der Waals surface area contributed by atoms with Crippen LogP contribution in [0.3, 0.4) is 0 Å². The number of aliphatic hydroxyl groups is 1. The van der Waals surface area contributed by atoms with Crippen molar-refractivity contribution in [1.29, 1.82) is 0 Å². The minimum absolute atomic E-state index is 0.0558. The molecule has 1 N–H and O–H groups in total. The molecule has 0 heterocycles. The smallest absolute Gasteiger partial charge is 0.254 e. The second kappa shape index (κ2) is 6.25. The Bertz CT molecular complexity index is 418. The molecule has 0 aliphatic heterocycles. The first-order chi connectivity index (χ1) is 8.42. The van der Waals surface area contributed by atoms with Crippen LogP contribution >= 0.6 is 11.8 Å². The average Bonchev–Trinajstić information content (AvgIpc) is 2.37. The lowest BCUT2D eigenvalue weighted by Gasteiger charge is -2.34. The standard InChI is InChI=1S/C14H21NO2S/c1-14(2,10-16)15(3)13(17)12-7-5-6-11(8-12)9-18-4/h5-8,16H,9-10H2,1-4H3. The highest BCUT2D eigenvalue weighted by atomic mass is 32.2. The van der Waals surface area contributed by atoms with Crippen LogP contribution in [0.4, 0.5) is 0 Å². The van der Waals surface area contributed by atoms with Crippen molar-refractivity contribution in [3.63, 3.8) is 0 Å². The van der Waals surface area contributed by atoms with Crippen molar-refractivity contribution in [3.05, 3.63) is 35.4 Å². The molecule has 0 saturated carbocycles. The Balaban J connectivity index is 2.93. The molecule has 100 valence electrons. The summed E-state index contributed by atoms with van der Waals surface area (Å²) in [5, 5.41) is 9.30. The van der Waals surface area contributed by atoms with E-state index in [-0.39, 0.29) is 12.5 Å². The number of benzene rings is 1. The number of carbonyl (C=O) groups excluding carboxylic acids is 1. The van der Waals surface area contributed by atoms with Crippen LogP contribution in [0.25, 0.3) is 0 Å². The van der Waals surface area contributed by atoms with Gasteiger partial charge < -0.3 is 10.0 Å². The van der Waals surface area contributed by atoms with Crippen molar-refractivity contribution < 1.29 is 9.90 Å². The van der Waals surface area contributed by atoms with Gasteiger partial charge in [-0.25, -0.2) is 0 Å². The molecule has 0 radical (unpaired) electrons. The predicted molar refractivity (Wildman–Crippen MR) is 76.9 cm³/mol. The third kappa shape index (κ3) is 3.50. The number of hydrogen-bond donors (Lipinski definition) is 1. The normalized spacial score (nSPS) is 11.4. The number of carbonyl (C=O) groups is 1. The van der Waals surface area contributed by atoms with Crippen molar-refractivity contribution in [2.45, 2.75) is 25.1 Å². The van der Waals surface area contributed by atoms with Crippen LogP contribution in [0.2, 0.25) is 0 Å². The maximum Gasteiger partial charge on any atom is 0.254 e. The van der Waals surface area contributed by atoms with Gasteiger partial charge in [0.2, 0.25) is 0 Å². The van der Waals surface area contributed by atoms with E-state index in [1.165, 1.54) is 0 Å². The van der Waals surface area contributed by atoms with Gasteiger partial charge in [-0.05, 0) is 37.8 Å². The molecule has 1 rings (SSSR count). The predicted octanol–water partition coefficient (Wildman–Crippen LogP) is 2.39. The molecule has 0 fully saturated rings. The fourth-order valence-electron chi connectivity index (χ4n) is 1.54. The van der Waals surface area contributed by atoms with Crippen LogP contribution in [0.15, 0.2) is 24.3 Å². The Morgan fingerprint density at radius 3 is 2.67 bits per heavy atom. The van der Waals surface area contributed by atoms with Gasteiger partial charge in [-0.1, -0.05) is 12.1 Å². The number of rotatable bonds is 5. The van der Waals surface area contributed by atoms with Gasteiger partial charge in [0.25, 0.3) is 5.91 Å². The van der Waals surface area contributed by atoms with Gasteiger partial charge in [-0.3, -0.25) is 4.79 Å². The highest BCUT2D eigenvalue weighted by Crippen LogP contribution is 2.17. The van der Waals surface area contributed by atoms with Gasteiger partial charge in [0, 0.05) is 18.4 Å². The summed E-state index contributed by atoms with van der Waals surface area (Å²) in [5.41, 5.74) is 1.26. The lowest BCUT2D eigenvalue weighted by molar-refractivity contribution is 0.0473. The quantitative estimate of drug-likeness (QED) is 0.890. The van der Waals surface area contributed by atoms with Crippen molar-refractivity contribution in [3.8, 4) is 0 Å². The molecule has 1 aromatic carbocycles. The maximum atomic E-state index is 12.3. The van der Waals surface area contributed by atoms with Crippen molar-refractivity contribution in [2.24, 2.45) is 0 Å². The topological polar surface area (TPSA) is 40.5 Å². The largest absolute Gasteiger partial charge is 0.394 e. The number of likely N-dealkylation sites (N-methyl/N-ethyl adjacent to an activating group) is 1. The van der Waals surface area contributed by atoms with E-state index < -0.39 is 5.54 Å². The summed E-state index contributed by atoms with van der Waals surface area (Å²) in [4.78, 5) is 13.9. The zero-order valence-electron chi connectivity index (χ0n) is 11.4. The second-order valence-electron chi connectivity index (χ2n) is 4.97. The molecular formula is C14H21NO2S. The molecule has 0 spiro atoms. The zero-order chi connectivity index (χ0) is 13.8. The van der Waals surface area contributed by atoms with Crippen LogP contribution < -0.4 is 0 Å². The lowest BCUT2D eigenvalue weighted by Crippen LogP contribution is -2.47. The SMILES string of the molecule is CSCc1cccc(C(=O)N(C)C(C)(C)CO)c1. The van der Waals surface area contributed by atoms with Crippen LogP contribution in [-0.2, 0) is 5.75 Å². The second-order valence-corrected chi connectivity index (χ2v) is 5.83. The number of aliphatic hydroxyl groups excluding tert-OH is 1. The highest BCUT2D eigenvalue weighted by Gasteiger charge is 2.27. The summed E-state index contributed by atoms with van der Waals surface area (Å²) < 4.78 is 0. The Morgan fingerprint density at radius 2 is 2.11 bits per heavy atom. The molecule has 0 aliphatic carbocycles. The van der Waals surface area contributed by atoms with Crippen molar-refractivity contribution >= 4 is 17.7 Å². The van der Waals surface area contributed by atoms with Crippen LogP contribution in [0.1, 0.15) is 29.8 Å². The third-order valence-corrected chi connectivity index (χ3v) is 3.71. The molecule has 0 aromatic heterocycles. The average molecular weight is 267 g/mol. The van der Waals surface area contributed by atoms with Gasteiger partial charge in [0.05, 0.1) is 12.1 Å². The van der Waals surface area contributed by atoms with Gasteiger partial charge in [-0.2, -0.15) is 11.8 Å². The van der Waals surface area contributed by atoms with E-state index in [2.05, 4.69) is 0 Å². The number of amides is 1. The number of nitrogens with zero attached hydrogens (tertiary/aromatic N) is 1. The van der Waals surface area contributed by atoms with Crippen LogP contribution in [0, 0.1) is 0 Å². The Morgan fingerprint density at radius 1 is 1.44 bits per heavy atom. The monoisotopic (exact) mass is 267 g/mol. The van der Waals surface area contributed by atoms with E-state index in [0.29, 0.717) is 5.56 Å².